The molecule has 1 aromatic carbocycles. The molecule has 94 valence electrons. The normalized spacial score (nSPS) is 13.2. The maximum Gasteiger partial charge on any atom is 0.312 e. The summed E-state index contributed by atoms with van der Waals surface area (Å²) < 4.78 is 5.21. The number of benzene rings is 1. The Morgan fingerprint density at radius 1 is 1.35 bits per heavy atom. The first kappa shape index (κ1) is 13.7. The summed E-state index contributed by atoms with van der Waals surface area (Å²) in [6.45, 7) is 5.38. The van der Waals surface area contributed by atoms with E-state index in [-0.39, 0.29) is 12.6 Å². The Balaban J connectivity index is 2.55. The Bertz CT molecular complexity index is 351. The molecule has 0 spiro atoms. The van der Waals surface area contributed by atoms with Gasteiger partial charge < -0.3 is 9.84 Å². The van der Waals surface area contributed by atoms with Crippen molar-refractivity contribution in [1.82, 2.24) is 0 Å². The molecule has 0 saturated heterocycles. The molecule has 0 radical (unpaired) electrons. The topological polar surface area (TPSA) is 46.5 Å². The molecule has 1 aromatic rings. The van der Waals surface area contributed by atoms with E-state index in [2.05, 4.69) is 0 Å². The zero-order valence-electron chi connectivity index (χ0n) is 10.6. The second kappa shape index (κ2) is 5.82. The highest BCUT2D eigenvalue weighted by Crippen LogP contribution is 2.21. The second-order valence-electron chi connectivity index (χ2n) is 4.71. The van der Waals surface area contributed by atoms with Gasteiger partial charge in [0.25, 0.3) is 0 Å². The Kier molecular flexibility index (Phi) is 4.70. The van der Waals surface area contributed by atoms with Crippen molar-refractivity contribution in [2.24, 2.45) is 5.92 Å². The molecular formula is C14H20O3. The minimum atomic E-state index is -1.04. The molecule has 0 bridgehead atoms. The minimum absolute atomic E-state index is 0.256. The van der Waals surface area contributed by atoms with Crippen molar-refractivity contribution in [3.05, 3.63) is 35.9 Å². The quantitative estimate of drug-likeness (QED) is 0.799. The lowest BCUT2D eigenvalue weighted by molar-refractivity contribution is -0.158. The Hall–Kier alpha value is -1.35. The smallest absolute Gasteiger partial charge is 0.312 e. The van der Waals surface area contributed by atoms with Crippen LogP contribution < -0.4 is 0 Å². The molecule has 0 aliphatic rings. The van der Waals surface area contributed by atoms with E-state index in [9.17, 15) is 9.90 Å². The molecule has 3 heteroatoms. The average molecular weight is 236 g/mol. The zero-order chi connectivity index (χ0) is 12.9. The molecule has 3 nitrogen and oxygen atoms in total. The lowest BCUT2D eigenvalue weighted by Gasteiger charge is -2.26. The molecule has 0 aliphatic heterocycles. The van der Waals surface area contributed by atoms with Gasteiger partial charge in [0.15, 0.2) is 0 Å². The summed E-state index contributed by atoms with van der Waals surface area (Å²) in [5.41, 5.74) is -0.0887. The third kappa shape index (κ3) is 4.19. The largest absolute Gasteiger partial charge is 0.461 e. The molecule has 0 heterocycles. The van der Waals surface area contributed by atoms with Gasteiger partial charge in [-0.3, -0.25) is 4.79 Å². The van der Waals surface area contributed by atoms with Crippen LogP contribution >= 0.6 is 0 Å². The van der Waals surface area contributed by atoms with Crippen molar-refractivity contribution in [1.29, 1.82) is 0 Å². The minimum Gasteiger partial charge on any atom is -0.461 e. The standard InChI is InChI=1S/C14H20O3/c1-4-12(14(2,3)16)13(15)17-10-11-8-6-5-7-9-11/h5-9,12,16H,4,10H2,1-3H3/t12-/m0/s1. The molecular weight excluding hydrogens is 216 g/mol. The summed E-state index contributed by atoms with van der Waals surface area (Å²) in [4.78, 5) is 11.8. The fourth-order valence-corrected chi connectivity index (χ4v) is 1.78. The summed E-state index contributed by atoms with van der Waals surface area (Å²) in [5, 5.41) is 9.84. The second-order valence-corrected chi connectivity index (χ2v) is 4.71. The van der Waals surface area contributed by atoms with Gasteiger partial charge in [0, 0.05) is 0 Å². The van der Waals surface area contributed by atoms with E-state index in [1.165, 1.54) is 0 Å². The Labute approximate surface area is 102 Å². The van der Waals surface area contributed by atoms with E-state index < -0.39 is 11.5 Å². The summed E-state index contributed by atoms with van der Waals surface area (Å²) in [7, 11) is 0. The molecule has 0 fully saturated rings. The molecule has 0 aromatic heterocycles. The van der Waals surface area contributed by atoms with Gasteiger partial charge in [-0.1, -0.05) is 37.3 Å². The fraction of sp³-hybridized carbons (Fsp3) is 0.500. The van der Waals surface area contributed by atoms with Gasteiger partial charge in [-0.05, 0) is 25.8 Å². The van der Waals surface area contributed by atoms with Crippen LogP contribution in [0.4, 0.5) is 0 Å². The maximum atomic E-state index is 11.8. The highest BCUT2D eigenvalue weighted by atomic mass is 16.5. The maximum absolute atomic E-state index is 11.8. The van der Waals surface area contributed by atoms with E-state index in [1.54, 1.807) is 13.8 Å². The Morgan fingerprint density at radius 3 is 2.41 bits per heavy atom. The van der Waals surface area contributed by atoms with Crippen LogP contribution in [-0.4, -0.2) is 16.7 Å². The Morgan fingerprint density at radius 2 is 1.94 bits per heavy atom. The van der Waals surface area contributed by atoms with Gasteiger partial charge in [-0.2, -0.15) is 0 Å². The number of carbonyl (C=O) groups is 1. The highest BCUT2D eigenvalue weighted by molar-refractivity contribution is 5.73. The molecule has 1 N–H and O–H groups in total. The van der Waals surface area contributed by atoms with E-state index >= 15 is 0 Å². The van der Waals surface area contributed by atoms with Crippen LogP contribution in [-0.2, 0) is 16.1 Å². The number of rotatable bonds is 5. The molecule has 0 saturated carbocycles. The van der Waals surface area contributed by atoms with Crippen LogP contribution in [0.2, 0.25) is 0 Å². The molecule has 1 rings (SSSR count). The van der Waals surface area contributed by atoms with Crippen LogP contribution in [0.15, 0.2) is 30.3 Å². The molecule has 1 atom stereocenters. The van der Waals surface area contributed by atoms with Gasteiger partial charge in [0.1, 0.15) is 6.61 Å². The van der Waals surface area contributed by atoms with Gasteiger partial charge in [0.05, 0.1) is 11.5 Å². The number of ether oxygens (including phenoxy) is 1. The van der Waals surface area contributed by atoms with Crippen LogP contribution in [0.25, 0.3) is 0 Å². The van der Waals surface area contributed by atoms with Gasteiger partial charge >= 0.3 is 5.97 Å². The monoisotopic (exact) mass is 236 g/mol. The summed E-state index contributed by atoms with van der Waals surface area (Å²) in [6.07, 6.45) is 0.567. The third-order valence-electron chi connectivity index (χ3n) is 2.77. The lowest BCUT2D eigenvalue weighted by Crippen LogP contribution is -2.37. The molecule has 0 amide bonds. The van der Waals surface area contributed by atoms with Gasteiger partial charge in [-0.15, -0.1) is 0 Å². The molecule has 0 aliphatic carbocycles. The van der Waals surface area contributed by atoms with Crippen molar-refractivity contribution in [3.8, 4) is 0 Å². The SMILES string of the molecule is CC[C@@H](C(=O)OCc1ccccc1)C(C)(C)O. The number of hydrogen-bond donors (Lipinski definition) is 1. The van der Waals surface area contributed by atoms with E-state index in [1.807, 2.05) is 37.3 Å². The first-order valence-corrected chi connectivity index (χ1v) is 5.88. The van der Waals surface area contributed by atoms with Crippen molar-refractivity contribution in [2.75, 3.05) is 0 Å². The van der Waals surface area contributed by atoms with Crippen LogP contribution in [0.3, 0.4) is 0 Å². The van der Waals surface area contributed by atoms with Crippen molar-refractivity contribution < 1.29 is 14.6 Å². The average Bonchev–Trinajstić information content (AvgIpc) is 2.27. The fourth-order valence-electron chi connectivity index (χ4n) is 1.78. The third-order valence-corrected chi connectivity index (χ3v) is 2.77. The van der Waals surface area contributed by atoms with Crippen LogP contribution in [0, 0.1) is 5.92 Å². The lowest BCUT2D eigenvalue weighted by atomic mass is 9.89. The van der Waals surface area contributed by atoms with E-state index in [4.69, 9.17) is 4.74 Å². The number of aliphatic hydroxyl groups is 1. The summed E-state index contributed by atoms with van der Waals surface area (Å²) >= 11 is 0. The number of hydrogen-bond acceptors (Lipinski definition) is 3. The van der Waals surface area contributed by atoms with Crippen LogP contribution in [0.1, 0.15) is 32.8 Å². The zero-order valence-corrected chi connectivity index (χ0v) is 10.6. The predicted octanol–water partition coefficient (Wildman–Crippen LogP) is 2.53. The van der Waals surface area contributed by atoms with Gasteiger partial charge in [-0.25, -0.2) is 0 Å². The summed E-state index contributed by atoms with van der Waals surface area (Å²) in [5.74, 6) is -0.824. The molecule has 17 heavy (non-hydrogen) atoms. The van der Waals surface area contributed by atoms with Crippen molar-refractivity contribution in [3.63, 3.8) is 0 Å². The predicted molar refractivity (Wildman–Crippen MR) is 66.3 cm³/mol. The van der Waals surface area contributed by atoms with Gasteiger partial charge in [0.2, 0.25) is 0 Å². The highest BCUT2D eigenvalue weighted by Gasteiger charge is 2.32. The summed E-state index contributed by atoms with van der Waals surface area (Å²) in [6, 6.07) is 9.51. The molecule has 0 unspecified atom stereocenters. The van der Waals surface area contributed by atoms with Crippen molar-refractivity contribution in [2.45, 2.75) is 39.4 Å². The van der Waals surface area contributed by atoms with E-state index in [0.29, 0.717) is 6.42 Å². The van der Waals surface area contributed by atoms with Crippen molar-refractivity contribution >= 4 is 5.97 Å². The van der Waals surface area contributed by atoms with E-state index in [0.717, 1.165) is 5.56 Å². The number of esters is 1. The van der Waals surface area contributed by atoms with Crippen LogP contribution in [0.5, 0.6) is 0 Å². The number of carbonyl (C=O) groups excluding carboxylic acids is 1. The first-order chi connectivity index (χ1) is 7.95. The first-order valence-electron chi connectivity index (χ1n) is 5.88.